The number of carbonyl (C=O) groups excluding carboxylic acids is 2. The lowest BCUT2D eigenvalue weighted by molar-refractivity contribution is -0.0326. The molecule has 29 heavy (non-hydrogen) atoms. The van der Waals surface area contributed by atoms with E-state index >= 15 is 0 Å². The number of benzene rings is 4. The third kappa shape index (κ3) is 2.38. The van der Waals surface area contributed by atoms with Gasteiger partial charge >= 0.3 is 0 Å². The number of imide groups is 1. The van der Waals surface area contributed by atoms with Gasteiger partial charge in [0.2, 0.25) is 0 Å². The number of amides is 2. The molecular formula is C24H16N2O3. The van der Waals surface area contributed by atoms with Crippen LogP contribution in [0.2, 0.25) is 0 Å². The molecule has 0 aromatic heterocycles. The lowest BCUT2D eigenvalue weighted by Crippen LogP contribution is -2.25. The fourth-order valence-corrected chi connectivity index (χ4v) is 4.08. The molecule has 0 atom stereocenters. The lowest BCUT2D eigenvalue weighted by atomic mass is 9.84. The zero-order chi connectivity index (χ0) is 20.1. The fraction of sp³-hybridized carbons (Fsp3) is 0. The number of para-hydroxylation sites is 1. The Balaban J connectivity index is 2.04. The van der Waals surface area contributed by atoms with Crippen molar-refractivity contribution in [1.29, 1.82) is 0 Å². The van der Waals surface area contributed by atoms with E-state index in [2.05, 4.69) is 0 Å². The van der Waals surface area contributed by atoms with Gasteiger partial charge in [0.1, 0.15) is 0 Å². The summed E-state index contributed by atoms with van der Waals surface area (Å²) in [6, 6.07) is 24.2. The topological polar surface area (TPSA) is 83.6 Å². The average Bonchev–Trinajstić information content (AvgIpc) is 2.97. The second kappa shape index (κ2) is 6.29. The summed E-state index contributed by atoms with van der Waals surface area (Å²) < 4.78 is 0. The molecule has 0 bridgehead atoms. The first kappa shape index (κ1) is 17.2. The van der Waals surface area contributed by atoms with Gasteiger partial charge in [-0.2, -0.15) is 0 Å². The Kier molecular flexibility index (Phi) is 3.72. The molecule has 0 radical (unpaired) electrons. The minimum atomic E-state index is -0.744. The summed E-state index contributed by atoms with van der Waals surface area (Å²) in [6.07, 6.45) is 0. The fourth-order valence-electron chi connectivity index (χ4n) is 4.08. The van der Waals surface area contributed by atoms with Crippen LogP contribution >= 0.6 is 0 Å². The van der Waals surface area contributed by atoms with Crippen molar-refractivity contribution in [2.45, 2.75) is 0 Å². The summed E-state index contributed by atoms with van der Waals surface area (Å²) in [5.41, 5.74) is 9.72. The Morgan fingerprint density at radius 1 is 0.621 bits per heavy atom. The van der Waals surface area contributed by atoms with E-state index in [-0.39, 0.29) is 16.2 Å². The SMILES string of the molecule is Nc1ccccc1-c1c2c(c(-c3ccccc3)c3ccccc13)C(=O)N(O)C2=O. The van der Waals surface area contributed by atoms with E-state index in [4.69, 9.17) is 5.73 Å². The molecule has 0 fully saturated rings. The van der Waals surface area contributed by atoms with Crippen LogP contribution in [0.5, 0.6) is 0 Å². The predicted molar refractivity (Wildman–Crippen MR) is 112 cm³/mol. The minimum absolute atomic E-state index is 0.174. The predicted octanol–water partition coefficient (Wildman–Crippen LogP) is 4.74. The smallest absolute Gasteiger partial charge is 0.286 e. The summed E-state index contributed by atoms with van der Waals surface area (Å²) in [5, 5.41) is 12.0. The van der Waals surface area contributed by atoms with Gasteiger partial charge in [-0.3, -0.25) is 14.8 Å². The van der Waals surface area contributed by atoms with E-state index < -0.39 is 11.8 Å². The van der Waals surface area contributed by atoms with Crippen LogP contribution in [-0.4, -0.2) is 22.1 Å². The Morgan fingerprint density at radius 3 is 1.79 bits per heavy atom. The van der Waals surface area contributed by atoms with Gasteiger partial charge in [0.25, 0.3) is 11.8 Å². The molecule has 5 nitrogen and oxygen atoms in total. The molecule has 1 heterocycles. The van der Waals surface area contributed by atoms with Crippen molar-refractivity contribution in [3.05, 3.63) is 90.0 Å². The number of rotatable bonds is 2. The molecule has 4 aromatic rings. The summed E-state index contributed by atoms with van der Waals surface area (Å²) in [4.78, 5) is 25.9. The van der Waals surface area contributed by atoms with Crippen molar-refractivity contribution in [3.63, 3.8) is 0 Å². The van der Waals surface area contributed by atoms with Crippen molar-refractivity contribution in [2.75, 3.05) is 5.73 Å². The third-order valence-electron chi connectivity index (χ3n) is 5.32. The first-order valence-electron chi connectivity index (χ1n) is 9.16. The third-order valence-corrected chi connectivity index (χ3v) is 5.32. The van der Waals surface area contributed by atoms with Crippen LogP contribution in [0.4, 0.5) is 5.69 Å². The highest BCUT2D eigenvalue weighted by atomic mass is 16.5. The summed E-state index contributed by atoms with van der Waals surface area (Å²) in [6.45, 7) is 0. The highest BCUT2D eigenvalue weighted by molar-refractivity contribution is 6.31. The average molecular weight is 380 g/mol. The van der Waals surface area contributed by atoms with Crippen LogP contribution < -0.4 is 5.73 Å². The molecule has 2 amide bonds. The second-order valence-electron chi connectivity index (χ2n) is 6.92. The number of carbonyl (C=O) groups is 2. The molecule has 5 heteroatoms. The number of nitrogens with two attached hydrogens (primary N) is 1. The van der Waals surface area contributed by atoms with Crippen molar-refractivity contribution < 1.29 is 14.8 Å². The number of hydrogen-bond acceptors (Lipinski definition) is 4. The van der Waals surface area contributed by atoms with Gasteiger partial charge < -0.3 is 5.73 Å². The Morgan fingerprint density at radius 2 is 1.14 bits per heavy atom. The van der Waals surface area contributed by atoms with E-state index in [1.165, 1.54) is 0 Å². The van der Waals surface area contributed by atoms with Gasteiger partial charge in [-0.1, -0.05) is 72.8 Å². The van der Waals surface area contributed by atoms with Crippen LogP contribution in [0.3, 0.4) is 0 Å². The molecule has 3 N–H and O–H groups in total. The number of hydroxylamine groups is 2. The van der Waals surface area contributed by atoms with Gasteiger partial charge in [0.05, 0.1) is 11.1 Å². The highest BCUT2D eigenvalue weighted by Gasteiger charge is 2.41. The number of nitrogens with zero attached hydrogens (tertiary/aromatic N) is 1. The Labute approximate surface area is 166 Å². The Bertz CT molecular complexity index is 1310. The summed E-state index contributed by atoms with van der Waals surface area (Å²) in [5.74, 6) is -1.48. The molecule has 1 aliphatic heterocycles. The monoisotopic (exact) mass is 380 g/mol. The maximum atomic E-state index is 13.0. The molecular weight excluding hydrogens is 364 g/mol. The van der Waals surface area contributed by atoms with Crippen molar-refractivity contribution in [3.8, 4) is 22.3 Å². The van der Waals surface area contributed by atoms with E-state index in [9.17, 15) is 14.8 Å². The van der Waals surface area contributed by atoms with Gasteiger partial charge in [-0.25, -0.2) is 0 Å². The molecule has 4 aromatic carbocycles. The number of anilines is 1. The molecule has 140 valence electrons. The minimum Gasteiger partial charge on any atom is -0.398 e. The quantitative estimate of drug-likeness (QED) is 0.299. The summed E-state index contributed by atoms with van der Waals surface area (Å²) in [7, 11) is 0. The van der Waals surface area contributed by atoms with E-state index in [1.54, 1.807) is 6.07 Å². The normalized spacial score (nSPS) is 13.2. The molecule has 5 rings (SSSR count). The zero-order valence-corrected chi connectivity index (χ0v) is 15.3. The molecule has 0 saturated heterocycles. The van der Waals surface area contributed by atoms with E-state index in [0.29, 0.717) is 22.4 Å². The molecule has 0 saturated carbocycles. The van der Waals surface area contributed by atoms with Crippen LogP contribution in [0.15, 0.2) is 78.9 Å². The van der Waals surface area contributed by atoms with Crippen LogP contribution in [0.1, 0.15) is 20.7 Å². The molecule has 0 spiro atoms. The van der Waals surface area contributed by atoms with Crippen molar-refractivity contribution in [2.24, 2.45) is 0 Å². The zero-order valence-electron chi connectivity index (χ0n) is 15.3. The standard InChI is InChI=1S/C24H16N2O3/c25-18-13-7-6-12-17(18)20-16-11-5-4-10-15(16)19(14-8-2-1-3-9-14)21-22(20)24(28)26(29)23(21)27/h1-13,29H,25H2. The number of fused-ring (bicyclic) bond motifs is 2. The first-order chi connectivity index (χ1) is 14.1. The number of nitrogen functional groups attached to an aromatic ring is 1. The van der Waals surface area contributed by atoms with Gasteiger partial charge in [0.15, 0.2) is 0 Å². The van der Waals surface area contributed by atoms with E-state index in [0.717, 1.165) is 16.3 Å². The van der Waals surface area contributed by atoms with Gasteiger partial charge in [-0.15, -0.1) is 5.06 Å². The second-order valence-corrected chi connectivity index (χ2v) is 6.92. The molecule has 1 aliphatic rings. The largest absolute Gasteiger partial charge is 0.398 e. The van der Waals surface area contributed by atoms with E-state index in [1.807, 2.05) is 72.8 Å². The van der Waals surface area contributed by atoms with Gasteiger partial charge in [-0.05, 0) is 22.4 Å². The maximum absolute atomic E-state index is 13.0. The summed E-state index contributed by atoms with van der Waals surface area (Å²) >= 11 is 0. The van der Waals surface area contributed by atoms with Gasteiger partial charge in [0, 0.05) is 22.4 Å². The molecule has 0 unspecified atom stereocenters. The maximum Gasteiger partial charge on any atom is 0.286 e. The lowest BCUT2D eigenvalue weighted by Gasteiger charge is -2.17. The van der Waals surface area contributed by atoms with Crippen molar-refractivity contribution in [1.82, 2.24) is 5.06 Å². The van der Waals surface area contributed by atoms with Crippen LogP contribution in [-0.2, 0) is 0 Å². The highest BCUT2D eigenvalue weighted by Crippen LogP contribution is 2.46. The van der Waals surface area contributed by atoms with Crippen LogP contribution in [0.25, 0.3) is 33.0 Å². The van der Waals surface area contributed by atoms with Crippen LogP contribution in [0, 0.1) is 0 Å². The Hall–Kier alpha value is -3.96. The molecule has 0 aliphatic carbocycles. The first-order valence-corrected chi connectivity index (χ1v) is 9.16. The number of hydrogen-bond donors (Lipinski definition) is 2. The van der Waals surface area contributed by atoms with Crippen molar-refractivity contribution >= 4 is 28.3 Å².